The molecule has 0 aromatic heterocycles. The number of hydrogen-bond acceptors (Lipinski definition) is 5. The van der Waals surface area contributed by atoms with Crippen LogP contribution in [0, 0.1) is 20.8 Å². The van der Waals surface area contributed by atoms with Crippen LogP contribution in [0.1, 0.15) is 27.0 Å². The summed E-state index contributed by atoms with van der Waals surface area (Å²) in [4.78, 5) is 14.6. The Morgan fingerprint density at radius 3 is 1.85 bits per heavy atom. The number of benzene rings is 2. The van der Waals surface area contributed by atoms with E-state index in [1.165, 1.54) is 26.4 Å². The zero-order valence-corrected chi connectivity index (χ0v) is 16.2. The van der Waals surface area contributed by atoms with Crippen LogP contribution in [-0.4, -0.2) is 28.5 Å². The summed E-state index contributed by atoms with van der Waals surface area (Å²) in [5.74, 6) is 0.207. The van der Waals surface area contributed by atoms with Crippen LogP contribution in [0.3, 0.4) is 0 Å². The molecule has 0 atom stereocenters. The molecule has 1 amide bonds. The molecule has 2 aromatic carbocycles. The maximum Gasteiger partial charge on any atom is 0.266 e. The maximum absolute atomic E-state index is 12.6. The van der Waals surface area contributed by atoms with Gasteiger partial charge in [0.25, 0.3) is 15.9 Å². The van der Waals surface area contributed by atoms with Gasteiger partial charge >= 0.3 is 0 Å². The summed E-state index contributed by atoms with van der Waals surface area (Å²) in [7, 11) is -0.996. The molecule has 0 bridgehead atoms. The van der Waals surface area contributed by atoms with Gasteiger partial charge in [-0.2, -0.15) is 0 Å². The Hall–Kier alpha value is -2.58. The molecule has 2 rings (SSSR count). The van der Waals surface area contributed by atoms with Crippen LogP contribution in [0.4, 0.5) is 0 Å². The fourth-order valence-corrected chi connectivity index (χ4v) is 4.06. The molecule has 0 unspecified atom stereocenters. The topological polar surface area (TPSA) is 93.7 Å². The maximum atomic E-state index is 12.6. The van der Waals surface area contributed by atoms with E-state index >= 15 is 0 Å². The molecule has 26 heavy (non-hydrogen) atoms. The highest BCUT2D eigenvalue weighted by molar-refractivity contribution is 7.89. The summed E-state index contributed by atoms with van der Waals surface area (Å²) in [5, 5.41) is 0. The zero-order chi connectivity index (χ0) is 19.5. The minimum Gasteiger partial charge on any atom is -0.497 e. The molecule has 0 aliphatic rings. The van der Waals surface area contributed by atoms with Crippen LogP contribution in [0.25, 0.3) is 0 Å². The second-order valence-electron chi connectivity index (χ2n) is 5.89. The van der Waals surface area contributed by atoms with Crippen LogP contribution in [0.5, 0.6) is 11.5 Å². The van der Waals surface area contributed by atoms with Crippen molar-refractivity contribution < 1.29 is 22.7 Å². The molecule has 0 aliphatic heterocycles. The van der Waals surface area contributed by atoms with Crippen molar-refractivity contribution in [1.29, 1.82) is 0 Å². The minimum absolute atomic E-state index is 0.145. The molecule has 140 valence electrons. The van der Waals surface area contributed by atoms with E-state index in [0.717, 1.165) is 5.56 Å². The lowest BCUT2D eigenvalue weighted by Crippen LogP contribution is -2.42. The van der Waals surface area contributed by atoms with Crippen molar-refractivity contribution >= 4 is 15.9 Å². The van der Waals surface area contributed by atoms with Crippen molar-refractivity contribution in [1.82, 2.24) is 10.3 Å². The highest BCUT2D eigenvalue weighted by Gasteiger charge is 2.21. The molecule has 0 saturated heterocycles. The number of hydrazine groups is 1. The number of aryl methyl sites for hydroxylation is 3. The van der Waals surface area contributed by atoms with Gasteiger partial charge in [-0.05, 0) is 44.0 Å². The van der Waals surface area contributed by atoms with E-state index in [-0.39, 0.29) is 10.5 Å². The quantitative estimate of drug-likeness (QED) is 0.752. The largest absolute Gasteiger partial charge is 0.497 e. The fourth-order valence-electron chi connectivity index (χ4n) is 2.77. The van der Waals surface area contributed by atoms with E-state index in [9.17, 15) is 13.2 Å². The average molecular weight is 378 g/mol. The summed E-state index contributed by atoms with van der Waals surface area (Å²) in [5.41, 5.74) is 4.59. The predicted molar refractivity (Wildman–Crippen MR) is 98.0 cm³/mol. The molecule has 0 aliphatic carbocycles. The first-order valence-electron chi connectivity index (χ1n) is 7.81. The number of amides is 1. The van der Waals surface area contributed by atoms with E-state index < -0.39 is 15.9 Å². The van der Waals surface area contributed by atoms with Crippen LogP contribution in [-0.2, 0) is 10.0 Å². The Labute approximate surface area is 153 Å². The third kappa shape index (κ3) is 4.33. The second-order valence-corrected chi connectivity index (χ2v) is 7.51. The molecule has 0 heterocycles. The molecule has 0 saturated carbocycles. The van der Waals surface area contributed by atoms with Gasteiger partial charge in [0.15, 0.2) is 0 Å². The van der Waals surface area contributed by atoms with E-state index in [4.69, 9.17) is 9.47 Å². The lowest BCUT2D eigenvalue weighted by atomic mass is 10.1. The van der Waals surface area contributed by atoms with Gasteiger partial charge in [0, 0.05) is 11.6 Å². The van der Waals surface area contributed by atoms with E-state index in [1.54, 1.807) is 32.0 Å². The van der Waals surface area contributed by atoms with Gasteiger partial charge in [0.05, 0.1) is 19.1 Å². The fraction of sp³-hybridized carbons (Fsp3) is 0.278. The van der Waals surface area contributed by atoms with Gasteiger partial charge in [-0.15, -0.1) is 4.83 Å². The molecular formula is C18H22N2O5S. The number of ether oxygens (including phenoxy) is 2. The smallest absolute Gasteiger partial charge is 0.266 e. The van der Waals surface area contributed by atoms with Crippen LogP contribution < -0.4 is 19.7 Å². The Bertz CT molecular complexity index is 893. The summed E-state index contributed by atoms with van der Waals surface area (Å²) in [6.07, 6.45) is 0. The lowest BCUT2D eigenvalue weighted by molar-refractivity contribution is 0.0944. The minimum atomic E-state index is -3.92. The van der Waals surface area contributed by atoms with E-state index in [2.05, 4.69) is 10.3 Å². The lowest BCUT2D eigenvalue weighted by Gasteiger charge is -2.14. The van der Waals surface area contributed by atoms with E-state index in [1.807, 2.05) is 6.92 Å². The first-order valence-corrected chi connectivity index (χ1v) is 9.29. The van der Waals surface area contributed by atoms with Gasteiger partial charge in [-0.3, -0.25) is 10.2 Å². The summed E-state index contributed by atoms with van der Waals surface area (Å²) >= 11 is 0. The van der Waals surface area contributed by atoms with Gasteiger partial charge in [-0.1, -0.05) is 17.7 Å². The number of nitrogens with one attached hydrogen (secondary N) is 2. The molecule has 2 N–H and O–H groups in total. The molecule has 2 aromatic rings. The normalized spacial score (nSPS) is 11.1. The molecular weight excluding hydrogens is 356 g/mol. The van der Waals surface area contributed by atoms with Crippen molar-refractivity contribution in [2.75, 3.05) is 14.2 Å². The van der Waals surface area contributed by atoms with Crippen molar-refractivity contribution in [3.8, 4) is 11.5 Å². The Kier molecular flexibility index (Phi) is 5.89. The molecule has 8 heteroatoms. The molecule has 0 spiro atoms. The second kappa shape index (κ2) is 7.76. The summed E-state index contributed by atoms with van der Waals surface area (Å²) in [6.45, 7) is 5.31. The third-order valence-corrected chi connectivity index (χ3v) is 5.34. The Balaban J connectivity index is 2.24. The molecule has 7 nitrogen and oxygen atoms in total. The van der Waals surface area contributed by atoms with Crippen molar-refractivity contribution in [3.63, 3.8) is 0 Å². The standard InChI is InChI=1S/C18H22N2O5S/c1-11-6-12(2)17(13(3)7-11)26(22,23)20-19-18(21)14-8-15(24-4)10-16(9-14)25-5/h6-10,20H,1-5H3,(H,19,21). The first kappa shape index (κ1) is 19.7. The summed E-state index contributed by atoms with van der Waals surface area (Å²) < 4.78 is 35.4. The van der Waals surface area contributed by atoms with Crippen LogP contribution >= 0.6 is 0 Å². The van der Waals surface area contributed by atoms with E-state index in [0.29, 0.717) is 22.6 Å². The Morgan fingerprint density at radius 2 is 1.38 bits per heavy atom. The average Bonchev–Trinajstić information content (AvgIpc) is 2.57. The van der Waals surface area contributed by atoms with Gasteiger partial charge in [-0.25, -0.2) is 8.42 Å². The number of rotatable bonds is 6. The number of hydrogen-bond donors (Lipinski definition) is 2. The van der Waals surface area contributed by atoms with Crippen LogP contribution in [0.15, 0.2) is 35.2 Å². The highest BCUT2D eigenvalue weighted by Crippen LogP contribution is 2.23. The number of methoxy groups -OCH3 is 2. The predicted octanol–water partition coefficient (Wildman–Crippen LogP) is 2.25. The molecule has 0 fully saturated rings. The Morgan fingerprint density at radius 1 is 0.885 bits per heavy atom. The number of carbonyl (C=O) groups is 1. The van der Waals surface area contributed by atoms with Crippen molar-refractivity contribution in [2.24, 2.45) is 0 Å². The highest BCUT2D eigenvalue weighted by atomic mass is 32.2. The van der Waals surface area contributed by atoms with Gasteiger partial charge < -0.3 is 9.47 Å². The first-order chi connectivity index (χ1) is 12.2. The SMILES string of the molecule is COc1cc(OC)cc(C(=O)NNS(=O)(=O)c2c(C)cc(C)cc2C)c1. The molecule has 0 radical (unpaired) electrons. The third-order valence-electron chi connectivity index (χ3n) is 3.79. The number of sulfonamides is 1. The van der Waals surface area contributed by atoms with Crippen molar-refractivity contribution in [2.45, 2.75) is 25.7 Å². The monoisotopic (exact) mass is 378 g/mol. The zero-order valence-electron chi connectivity index (χ0n) is 15.3. The number of carbonyl (C=O) groups excluding carboxylic acids is 1. The van der Waals surface area contributed by atoms with Crippen LogP contribution in [0.2, 0.25) is 0 Å². The summed E-state index contributed by atoms with van der Waals surface area (Å²) in [6, 6.07) is 8.12. The van der Waals surface area contributed by atoms with Crippen molar-refractivity contribution in [3.05, 3.63) is 52.6 Å². The van der Waals surface area contributed by atoms with Gasteiger partial charge in [0.2, 0.25) is 0 Å². The van der Waals surface area contributed by atoms with Gasteiger partial charge in [0.1, 0.15) is 11.5 Å².